The molecule has 1 aliphatic carbocycles. The number of nitrogens with zero attached hydrogens (tertiary/aromatic N) is 2. The van der Waals surface area contributed by atoms with Crippen LogP contribution in [0.4, 0.5) is 9.18 Å². The fourth-order valence-electron chi connectivity index (χ4n) is 3.62. The van der Waals surface area contributed by atoms with Crippen LogP contribution in [0, 0.1) is 11.7 Å². The molecular formula is C20H19FN4O3S2. The lowest BCUT2D eigenvalue weighted by molar-refractivity contribution is -0.117. The standard InChI is InChI=1S/C20H19FN4O3S2/c1-10-6-7-11-14(8-10)30-17-16(11)18(27)25(13-5-3-2-4-12(13)21)20(24-17)29-9-15(26)23-19(22)28/h2-5,10H,6-9H2,1H3,(H3,22,23,26,28). The van der Waals surface area contributed by atoms with Crippen molar-refractivity contribution in [1.29, 1.82) is 0 Å². The zero-order chi connectivity index (χ0) is 21.4. The summed E-state index contributed by atoms with van der Waals surface area (Å²) in [6.45, 7) is 2.18. The average molecular weight is 447 g/mol. The number of amides is 3. The molecule has 7 nitrogen and oxygen atoms in total. The van der Waals surface area contributed by atoms with E-state index in [2.05, 4.69) is 11.9 Å². The number of thioether (sulfide) groups is 1. The molecule has 0 saturated heterocycles. The van der Waals surface area contributed by atoms with Gasteiger partial charge in [0.05, 0.1) is 16.8 Å². The molecule has 0 aliphatic heterocycles. The van der Waals surface area contributed by atoms with E-state index >= 15 is 0 Å². The zero-order valence-corrected chi connectivity index (χ0v) is 17.7. The second-order valence-corrected chi connectivity index (χ2v) is 9.25. The highest BCUT2D eigenvalue weighted by molar-refractivity contribution is 7.99. The minimum atomic E-state index is -0.962. The number of aryl methyl sites for hydroxylation is 1. The first-order valence-electron chi connectivity index (χ1n) is 9.39. The number of rotatable bonds is 4. The highest BCUT2D eigenvalue weighted by Crippen LogP contribution is 2.37. The van der Waals surface area contributed by atoms with Crippen molar-refractivity contribution in [3.8, 4) is 5.69 Å². The van der Waals surface area contributed by atoms with Gasteiger partial charge in [0.25, 0.3) is 5.56 Å². The van der Waals surface area contributed by atoms with E-state index in [0.29, 0.717) is 16.1 Å². The third-order valence-corrected chi connectivity index (χ3v) is 7.07. The summed E-state index contributed by atoms with van der Waals surface area (Å²) in [5.41, 5.74) is 5.69. The maximum Gasteiger partial charge on any atom is 0.318 e. The Hall–Kier alpha value is -2.72. The number of carbonyl (C=O) groups excluding carboxylic acids is 2. The Morgan fingerprint density at radius 3 is 2.90 bits per heavy atom. The molecular weight excluding hydrogens is 427 g/mol. The van der Waals surface area contributed by atoms with Gasteiger partial charge in [-0.25, -0.2) is 14.2 Å². The molecule has 3 N–H and O–H groups in total. The SMILES string of the molecule is CC1CCc2c(sc3nc(SCC(=O)NC(N)=O)n(-c4ccccc4F)c(=O)c23)C1. The van der Waals surface area contributed by atoms with Gasteiger partial charge in [0, 0.05) is 4.88 Å². The second kappa shape index (κ2) is 8.19. The minimum Gasteiger partial charge on any atom is -0.351 e. The summed E-state index contributed by atoms with van der Waals surface area (Å²) in [5.74, 6) is -0.855. The molecule has 1 aliphatic rings. The molecule has 2 heterocycles. The largest absolute Gasteiger partial charge is 0.351 e. The molecule has 0 spiro atoms. The van der Waals surface area contributed by atoms with Crippen LogP contribution in [-0.4, -0.2) is 27.2 Å². The summed E-state index contributed by atoms with van der Waals surface area (Å²) in [6, 6.07) is 4.98. The lowest BCUT2D eigenvalue weighted by atomic mass is 9.89. The van der Waals surface area contributed by atoms with Gasteiger partial charge < -0.3 is 5.73 Å². The van der Waals surface area contributed by atoms with Crippen LogP contribution in [0.3, 0.4) is 0 Å². The van der Waals surface area contributed by atoms with E-state index in [1.54, 1.807) is 6.07 Å². The van der Waals surface area contributed by atoms with E-state index in [4.69, 9.17) is 5.73 Å². The number of para-hydroxylation sites is 1. The summed E-state index contributed by atoms with van der Waals surface area (Å²) in [5, 5.41) is 2.68. The molecule has 3 aromatic rings. The molecule has 0 fully saturated rings. The Bertz CT molecular complexity index is 1220. The van der Waals surface area contributed by atoms with Gasteiger partial charge in [0.1, 0.15) is 10.6 Å². The third kappa shape index (κ3) is 3.84. The number of nitrogens with two attached hydrogens (primary N) is 1. The maximum absolute atomic E-state index is 14.6. The number of nitrogens with one attached hydrogen (secondary N) is 1. The fraction of sp³-hybridized carbons (Fsp3) is 0.300. The Balaban J connectivity index is 1.87. The maximum atomic E-state index is 14.6. The van der Waals surface area contributed by atoms with E-state index in [0.717, 1.165) is 41.5 Å². The Morgan fingerprint density at radius 2 is 2.17 bits per heavy atom. The quantitative estimate of drug-likeness (QED) is 0.473. The van der Waals surface area contributed by atoms with Gasteiger partial charge in [-0.1, -0.05) is 30.8 Å². The van der Waals surface area contributed by atoms with Gasteiger partial charge in [-0.2, -0.15) is 0 Å². The summed E-state index contributed by atoms with van der Waals surface area (Å²) in [4.78, 5) is 42.6. The number of aromatic nitrogens is 2. The molecule has 1 aromatic carbocycles. The van der Waals surface area contributed by atoms with Crippen molar-refractivity contribution in [2.24, 2.45) is 11.7 Å². The summed E-state index contributed by atoms with van der Waals surface area (Å²) >= 11 is 2.43. The first-order valence-corrected chi connectivity index (χ1v) is 11.2. The van der Waals surface area contributed by atoms with E-state index in [1.165, 1.54) is 34.1 Å². The normalized spacial score (nSPS) is 15.7. The molecule has 1 unspecified atom stereocenters. The van der Waals surface area contributed by atoms with Gasteiger partial charge in [0.2, 0.25) is 5.91 Å². The smallest absolute Gasteiger partial charge is 0.318 e. The molecule has 30 heavy (non-hydrogen) atoms. The fourth-order valence-corrected chi connectivity index (χ4v) is 5.85. The van der Waals surface area contributed by atoms with Crippen LogP contribution in [0.25, 0.3) is 15.9 Å². The molecule has 3 amide bonds. The van der Waals surface area contributed by atoms with Crippen molar-refractivity contribution in [1.82, 2.24) is 14.9 Å². The van der Waals surface area contributed by atoms with Crippen molar-refractivity contribution in [3.05, 3.63) is 50.9 Å². The predicted octanol–water partition coefficient (Wildman–Crippen LogP) is 3.00. The van der Waals surface area contributed by atoms with E-state index < -0.39 is 17.8 Å². The first kappa shape index (κ1) is 20.5. The Labute approximate surface area is 179 Å². The van der Waals surface area contributed by atoms with Gasteiger partial charge in [-0.3, -0.25) is 19.5 Å². The van der Waals surface area contributed by atoms with Gasteiger partial charge in [0.15, 0.2) is 5.16 Å². The number of thiophene rings is 1. The van der Waals surface area contributed by atoms with E-state index in [1.807, 2.05) is 5.32 Å². The average Bonchev–Trinajstić information content (AvgIpc) is 3.04. The van der Waals surface area contributed by atoms with Crippen LogP contribution in [0.2, 0.25) is 0 Å². The zero-order valence-electron chi connectivity index (χ0n) is 16.1. The van der Waals surface area contributed by atoms with Crippen molar-refractivity contribution in [2.75, 3.05) is 5.75 Å². The number of imide groups is 1. The monoisotopic (exact) mass is 446 g/mol. The second-order valence-electron chi connectivity index (χ2n) is 7.22. The Kier molecular flexibility index (Phi) is 5.61. The summed E-state index contributed by atoms with van der Waals surface area (Å²) in [7, 11) is 0. The molecule has 2 aromatic heterocycles. The number of benzene rings is 1. The summed E-state index contributed by atoms with van der Waals surface area (Å²) < 4.78 is 15.8. The topological polar surface area (TPSA) is 107 Å². The molecule has 156 valence electrons. The van der Waals surface area contributed by atoms with E-state index in [-0.39, 0.29) is 22.2 Å². The van der Waals surface area contributed by atoms with Crippen LogP contribution in [0.15, 0.2) is 34.2 Å². The number of fused-ring (bicyclic) bond motifs is 3. The molecule has 0 radical (unpaired) electrons. The highest BCUT2D eigenvalue weighted by Gasteiger charge is 2.26. The molecule has 1 atom stereocenters. The molecule has 0 bridgehead atoms. The number of hydrogen-bond donors (Lipinski definition) is 2. The molecule has 4 rings (SSSR count). The van der Waals surface area contributed by atoms with Crippen LogP contribution in [-0.2, 0) is 17.6 Å². The van der Waals surface area contributed by atoms with Crippen molar-refractivity contribution in [2.45, 2.75) is 31.3 Å². The van der Waals surface area contributed by atoms with Crippen LogP contribution >= 0.6 is 23.1 Å². The van der Waals surface area contributed by atoms with Crippen LogP contribution < -0.4 is 16.6 Å². The van der Waals surface area contributed by atoms with E-state index in [9.17, 15) is 18.8 Å². The summed E-state index contributed by atoms with van der Waals surface area (Å²) in [6.07, 6.45) is 2.67. The lowest BCUT2D eigenvalue weighted by Gasteiger charge is -2.18. The van der Waals surface area contributed by atoms with Crippen LogP contribution in [0.5, 0.6) is 0 Å². The first-order chi connectivity index (χ1) is 14.3. The molecule has 0 saturated carbocycles. The number of halogens is 1. The van der Waals surface area contributed by atoms with Crippen LogP contribution in [0.1, 0.15) is 23.8 Å². The van der Waals surface area contributed by atoms with Gasteiger partial charge in [-0.05, 0) is 42.9 Å². The number of hydrogen-bond acceptors (Lipinski definition) is 6. The molecule has 10 heteroatoms. The number of carbonyl (C=O) groups is 2. The predicted molar refractivity (Wildman–Crippen MR) is 115 cm³/mol. The Morgan fingerprint density at radius 1 is 1.40 bits per heavy atom. The minimum absolute atomic E-state index is 0.0684. The lowest BCUT2D eigenvalue weighted by Crippen LogP contribution is -2.36. The van der Waals surface area contributed by atoms with Crippen molar-refractivity contribution in [3.63, 3.8) is 0 Å². The third-order valence-electron chi connectivity index (χ3n) is 4.99. The number of primary amides is 1. The van der Waals surface area contributed by atoms with Gasteiger partial charge in [-0.15, -0.1) is 11.3 Å². The van der Waals surface area contributed by atoms with Gasteiger partial charge >= 0.3 is 6.03 Å². The van der Waals surface area contributed by atoms with Crippen molar-refractivity contribution >= 4 is 45.3 Å². The van der Waals surface area contributed by atoms with Crippen molar-refractivity contribution < 1.29 is 14.0 Å². The highest BCUT2D eigenvalue weighted by atomic mass is 32.2. The number of urea groups is 1.